The van der Waals surface area contributed by atoms with Gasteiger partial charge in [0, 0.05) is 42.8 Å². The fourth-order valence-electron chi connectivity index (χ4n) is 6.85. The Morgan fingerprint density at radius 3 is 1.92 bits per heavy atom. The van der Waals surface area contributed by atoms with Gasteiger partial charge < -0.3 is 29.0 Å². The number of aromatic nitrogens is 1. The van der Waals surface area contributed by atoms with E-state index >= 15 is 0 Å². The standard InChI is InChI=1S/C45H42N5O.Ir/c1(4-12-36-18-22-38(23-19-36)44-45-42(26-27-46-44)41-16-8-9-17-43(41)51-45)2-5-13-37-20-24-40(25-21-37)50-33-31-48(35-50)29-11-10-28-47-30-32-49(34-47)39-14-6-3-7-15-39;/h3,6-9,14,16-22,24,26-27,30-35H,1-2,4-5,10-13,28-29H2;/q-5;. The van der Waals surface area contributed by atoms with Crippen LogP contribution in [0.3, 0.4) is 0 Å². The van der Waals surface area contributed by atoms with Gasteiger partial charge in [-0.2, -0.15) is 67.4 Å². The predicted octanol–water partition coefficient (Wildman–Crippen LogP) is 10.3. The van der Waals surface area contributed by atoms with Gasteiger partial charge in [0.05, 0.1) is 0 Å². The summed E-state index contributed by atoms with van der Waals surface area (Å²) in [6.45, 7) is 6.31. The number of anilines is 2. The fraction of sp³-hybridized carbons (Fsp3) is 0.222. The van der Waals surface area contributed by atoms with Crippen molar-refractivity contribution in [2.45, 2.75) is 51.4 Å². The number of benzene rings is 4. The number of nitrogens with zero attached hydrogens (tertiary/aromatic N) is 5. The molecule has 0 atom stereocenters. The summed E-state index contributed by atoms with van der Waals surface area (Å²) in [5, 5.41) is 2.22. The molecule has 2 aliphatic heterocycles. The van der Waals surface area contributed by atoms with Crippen LogP contribution < -0.4 is 9.80 Å². The fourth-order valence-corrected chi connectivity index (χ4v) is 6.85. The molecule has 4 aromatic carbocycles. The molecule has 0 N–H and O–H groups in total. The monoisotopic (exact) mass is 861 g/mol. The third kappa shape index (κ3) is 8.44. The molecule has 0 saturated heterocycles. The second-order valence-corrected chi connectivity index (χ2v) is 13.3. The Balaban J connectivity index is 0.00000420. The molecule has 0 unspecified atom stereocenters. The van der Waals surface area contributed by atoms with E-state index in [1.807, 2.05) is 48.7 Å². The second-order valence-electron chi connectivity index (χ2n) is 13.3. The summed E-state index contributed by atoms with van der Waals surface area (Å²) in [5.41, 5.74) is 8.36. The number of para-hydroxylation sites is 2. The molecular weight excluding hydrogens is 819 g/mol. The van der Waals surface area contributed by atoms with E-state index in [4.69, 9.17) is 4.42 Å². The predicted molar refractivity (Wildman–Crippen MR) is 207 cm³/mol. The molecule has 2 aliphatic rings. The van der Waals surface area contributed by atoms with Gasteiger partial charge in [-0.1, -0.05) is 56.7 Å². The van der Waals surface area contributed by atoms with Crippen molar-refractivity contribution >= 4 is 33.3 Å². The minimum absolute atomic E-state index is 0. The summed E-state index contributed by atoms with van der Waals surface area (Å²) in [6.07, 6.45) is 19.6. The zero-order valence-electron chi connectivity index (χ0n) is 29.3. The summed E-state index contributed by atoms with van der Waals surface area (Å²) in [4.78, 5) is 13.4. The van der Waals surface area contributed by atoms with E-state index in [0.29, 0.717) is 0 Å². The number of hydrogen-bond acceptors (Lipinski definition) is 6. The maximum absolute atomic E-state index is 6.18. The molecule has 6 nitrogen and oxygen atoms in total. The summed E-state index contributed by atoms with van der Waals surface area (Å²) in [5.74, 6) is 0. The van der Waals surface area contributed by atoms with Crippen LogP contribution in [0.25, 0.3) is 33.2 Å². The number of pyridine rings is 1. The Morgan fingerprint density at radius 2 is 1.27 bits per heavy atom. The quantitative estimate of drug-likeness (QED) is 0.0757. The van der Waals surface area contributed by atoms with E-state index in [1.165, 1.54) is 36.8 Å². The third-order valence-electron chi connectivity index (χ3n) is 9.68. The zero-order chi connectivity index (χ0) is 34.2. The Kier molecular flexibility index (Phi) is 11.7. The number of unbranched alkanes of at least 4 members (excludes halogenated alkanes) is 4. The first kappa shape index (κ1) is 35.6. The van der Waals surface area contributed by atoms with Crippen LogP contribution in [0.4, 0.5) is 11.4 Å². The van der Waals surface area contributed by atoms with Gasteiger partial charge in [0.1, 0.15) is 11.2 Å². The maximum atomic E-state index is 6.18. The van der Waals surface area contributed by atoms with Crippen molar-refractivity contribution in [3.05, 3.63) is 165 Å². The summed E-state index contributed by atoms with van der Waals surface area (Å²) in [7, 11) is 0. The van der Waals surface area contributed by atoms with Crippen LogP contribution >= 0.6 is 0 Å². The van der Waals surface area contributed by atoms with Crippen molar-refractivity contribution in [3.63, 3.8) is 0 Å². The number of rotatable bonds is 15. The van der Waals surface area contributed by atoms with Crippen LogP contribution in [0.2, 0.25) is 0 Å². The Labute approximate surface area is 321 Å². The van der Waals surface area contributed by atoms with Gasteiger partial charge >= 0.3 is 0 Å². The van der Waals surface area contributed by atoms with Gasteiger partial charge in [-0.05, 0) is 62.9 Å². The molecular formula is C45H42IrN5O-5. The van der Waals surface area contributed by atoms with Crippen LogP contribution in [-0.4, -0.2) is 27.9 Å². The molecule has 0 fully saturated rings. The van der Waals surface area contributed by atoms with Crippen molar-refractivity contribution < 1.29 is 24.5 Å². The summed E-state index contributed by atoms with van der Waals surface area (Å²) >= 11 is 0. The molecule has 0 aliphatic carbocycles. The van der Waals surface area contributed by atoms with Gasteiger partial charge in [-0.3, -0.25) is 0 Å². The van der Waals surface area contributed by atoms with Gasteiger partial charge in [0.2, 0.25) is 0 Å². The van der Waals surface area contributed by atoms with Crippen LogP contribution in [0, 0.1) is 31.5 Å². The topological polar surface area (TPSA) is 39.0 Å². The Hall–Kier alpha value is -4.84. The van der Waals surface area contributed by atoms with E-state index in [0.717, 1.165) is 83.3 Å². The van der Waals surface area contributed by atoms with Gasteiger partial charge in [-0.25, -0.2) is 0 Å². The van der Waals surface area contributed by atoms with Crippen molar-refractivity contribution in [1.29, 1.82) is 0 Å². The van der Waals surface area contributed by atoms with E-state index in [9.17, 15) is 0 Å². The number of fused-ring (bicyclic) bond motifs is 3. The Bertz CT molecular complexity index is 2090. The normalized spacial score (nSPS) is 13.9. The van der Waals surface area contributed by atoms with Crippen molar-refractivity contribution in [2.24, 2.45) is 0 Å². The smallest absolute Gasteiger partial charge is 0.134 e. The number of hydrogen-bond donors (Lipinski definition) is 0. The third-order valence-corrected chi connectivity index (χ3v) is 9.68. The van der Waals surface area contributed by atoms with E-state index in [-0.39, 0.29) is 20.1 Å². The molecule has 6 aromatic rings. The SMILES string of the molecule is [Ir].[c-]1cc(CCCCCCc2c[c-]c(N3C=CN(CCCCN4C=CN(c5[c-]cccc5)[CH-]4)[CH-]3)cc2)ccc1-c1nccc2c1oc1ccccc12. The molecule has 2 aromatic heterocycles. The summed E-state index contributed by atoms with van der Waals surface area (Å²) < 4.78 is 6.18. The molecule has 8 rings (SSSR count). The molecule has 7 heteroatoms. The molecule has 0 amide bonds. The van der Waals surface area contributed by atoms with Gasteiger partial charge in [0.25, 0.3) is 0 Å². The van der Waals surface area contributed by atoms with E-state index < -0.39 is 0 Å². The van der Waals surface area contributed by atoms with Gasteiger partial charge in [0.15, 0.2) is 0 Å². The molecule has 267 valence electrons. The zero-order valence-corrected chi connectivity index (χ0v) is 31.6. The molecule has 0 spiro atoms. The number of aryl methyl sites for hydroxylation is 2. The molecule has 52 heavy (non-hydrogen) atoms. The first-order valence-corrected chi connectivity index (χ1v) is 18.2. The van der Waals surface area contributed by atoms with Crippen molar-refractivity contribution in [1.82, 2.24) is 14.8 Å². The van der Waals surface area contributed by atoms with E-state index in [2.05, 4.69) is 129 Å². The first-order valence-electron chi connectivity index (χ1n) is 18.2. The Morgan fingerprint density at radius 1 is 0.596 bits per heavy atom. The van der Waals surface area contributed by atoms with Crippen LogP contribution in [-0.2, 0) is 32.9 Å². The molecule has 4 heterocycles. The molecule has 0 bridgehead atoms. The van der Waals surface area contributed by atoms with E-state index in [1.54, 1.807) is 0 Å². The number of furan rings is 1. The average Bonchev–Trinajstić information content (AvgIpc) is 3.95. The van der Waals surface area contributed by atoms with Crippen LogP contribution in [0.15, 0.2) is 126 Å². The molecule has 0 saturated carbocycles. The van der Waals surface area contributed by atoms with Crippen LogP contribution in [0.1, 0.15) is 49.7 Å². The average molecular weight is 861 g/mol. The molecule has 1 radical (unpaired) electrons. The maximum Gasteiger partial charge on any atom is 0.134 e. The second kappa shape index (κ2) is 17.1. The van der Waals surface area contributed by atoms with Gasteiger partial charge in [-0.15, -0.1) is 52.8 Å². The van der Waals surface area contributed by atoms with Crippen LogP contribution in [0.5, 0.6) is 0 Å². The van der Waals surface area contributed by atoms with Crippen molar-refractivity contribution in [2.75, 3.05) is 22.9 Å². The first-order chi connectivity index (χ1) is 25.3. The minimum atomic E-state index is 0. The largest absolute Gasteiger partial charge is 0.508 e. The van der Waals surface area contributed by atoms with Crippen molar-refractivity contribution in [3.8, 4) is 11.3 Å². The summed E-state index contributed by atoms with van der Waals surface area (Å²) in [6, 6.07) is 41.6. The minimum Gasteiger partial charge on any atom is -0.508 e.